The van der Waals surface area contributed by atoms with Crippen LogP contribution in [0.15, 0.2) is 42.5 Å². The second-order valence-corrected chi connectivity index (χ2v) is 11.7. The molecule has 1 spiro atoms. The number of carbonyl (C=O) groups is 2. The summed E-state index contributed by atoms with van der Waals surface area (Å²) < 4.78 is 17.6. The third-order valence-electron chi connectivity index (χ3n) is 7.83. The second kappa shape index (κ2) is 10.5. The van der Waals surface area contributed by atoms with Crippen molar-refractivity contribution < 1.29 is 23.8 Å². The molecule has 0 saturated carbocycles. The Bertz CT molecular complexity index is 1160. The Kier molecular flexibility index (Phi) is 7.27. The van der Waals surface area contributed by atoms with Crippen LogP contribution in [-0.2, 0) is 15.9 Å². The lowest BCUT2D eigenvalue weighted by Crippen LogP contribution is -2.55. The van der Waals surface area contributed by atoms with Crippen molar-refractivity contribution in [1.29, 1.82) is 0 Å². The lowest BCUT2D eigenvalue weighted by atomic mass is 9.75. The number of fused-ring (bicyclic) bond motifs is 1. The van der Waals surface area contributed by atoms with Crippen molar-refractivity contribution in [3.63, 3.8) is 0 Å². The summed E-state index contributed by atoms with van der Waals surface area (Å²) in [7, 11) is 0. The summed E-state index contributed by atoms with van der Waals surface area (Å²) in [6.07, 6.45) is 2.29. The number of hydrogen-bond acceptors (Lipinski definition) is 5. The minimum Gasteiger partial charge on any atom is -0.487 e. The van der Waals surface area contributed by atoms with Crippen LogP contribution in [-0.4, -0.2) is 72.5 Å². The summed E-state index contributed by atoms with van der Waals surface area (Å²) in [6, 6.07) is 14.3. The number of ether oxygens (including phenoxy) is 3. The van der Waals surface area contributed by atoms with Crippen LogP contribution in [0.25, 0.3) is 11.1 Å². The zero-order chi connectivity index (χ0) is 26.9. The standard InChI is InChI=1S/C30H39N3O5/c1-21-19-24-20-23(22-5-8-25(9-6-22)31-27(34)32-15-17-36-18-16-32)7-10-26(24)37-30(21)11-13-33(14-12-30)28(35)38-29(2,3)4/h5-10,20-21H,11-19H2,1-4H3,(H,31,34). The Hall–Kier alpha value is -3.26. The van der Waals surface area contributed by atoms with E-state index in [1.54, 1.807) is 9.80 Å². The number of urea groups is 1. The van der Waals surface area contributed by atoms with Crippen LogP contribution in [0.1, 0.15) is 46.1 Å². The van der Waals surface area contributed by atoms with E-state index >= 15 is 0 Å². The van der Waals surface area contributed by atoms with E-state index in [-0.39, 0.29) is 17.7 Å². The molecule has 2 aromatic rings. The lowest BCUT2D eigenvalue weighted by Gasteiger charge is -2.48. The number of rotatable bonds is 2. The van der Waals surface area contributed by atoms with E-state index in [0.717, 1.165) is 41.8 Å². The molecule has 1 unspecified atom stereocenters. The van der Waals surface area contributed by atoms with Gasteiger partial charge < -0.3 is 29.3 Å². The molecule has 38 heavy (non-hydrogen) atoms. The highest BCUT2D eigenvalue weighted by molar-refractivity contribution is 5.89. The molecule has 5 rings (SSSR count). The summed E-state index contributed by atoms with van der Waals surface area (Å²) >= 11 is 0. The SMILES string of the molecule is CC1Cc2cc(-c3ccc(NC(=O)N4CCOCC4)cc3)ccc2OC12CCN(C(=O)OC(C)(C)C)CC2. The minimum atomic E-state index is -0.491. The maximum absolute atomic E-state index is 12.5. The lowest BCUT2D eigenvalue weighted by molar-refractivity contribution is -0.0548. The molecule has 2 aromatic carbocycles. The smallest absolute Gasteiger partial charge is 0.410 e. The number of nitrogens with zero attached hydrogens (tertiary/aromatic N) is 2. The van der Waals surface area contributed by atoms with Gasteiger partial charge in [0.1, 0.15) is 17.0 Å². The van der Waals surface area contributed by atoms with Crippen LogP contribution in [0.5, 0.6) is 5.75 Å². The molecule has 2 fully saturated rings. The van der Waals surface area contributed by atoms with Crippen LogP contribution in [0.2, 0.25) is 0 Å². The molecule has 3 heterocycles. The zero-order valence-electron chi connectivity index (χ0n) is 22.9. The Morgan fingerprint density at radius 3 is 2.26 bits per heavy atom. The maximum Gasteiger partial charge on any atom is 0.410 e. The van der Waals surface area contributed by atoms with Crippen molar-refractivity contribution in [2.24, 2.45) is 5.92 Å². The van der Waals surface area contributed by atoms with Gasteiger partial charge in [0.2, 0.25) is 0 Å². The van der Waals surface area contributed by atoms with Crippen LogP contribution in [0, 0.1) is 5.92 Å². The molecule has 0 bridgehead atoms. The van der Waals surface area contributed by atoms with E-state index in [1.807, 2.05) is 45.0 Å². The Morgan fingerprint density at radius 2 is 1.61 bits per heavy atom. The Labute approximate surface area is 225 Å². The number of amides is 3. The molecule has 1 atom stereocenters. The van der Waals surface area contributed by atoms with Gasteiger partial charge in [-0.1, -0.05) is 25.1 Å². The highest BCUT2D eigenvalue weighted by atomic mass is 16.6. The third-order valence-corrected chi connectivity index (χ3v) is 7.83. The molecule has 1 N–H and O–H groups in total. The molecule has 204 valence electrons. The second-order valence-electron chi connectivity index (χ2n) is 11.7. The van der Waals surface area contributed by atoms with Crippen LogP contribution >= 0.6 is 0 Å². The summed E-state index contributed by atoms with van der Waals surface area (Å²) in [5.74, 6) is 1.27. The molecule has 0 aromatic heterocycles. The van der Waals surface area contributed by atoms with Gasteiger partial charge in [-0.15, -0.1) is 0 Å². The van der Waals surface area contributed by atoms with Gasteiger partial charge in [0, 0.05) is 50.6 Å². The summed E-state index contributed by atoms with van der Waals surface area (Å²) in [4.78, 5) is 28.6. The summed E-state index contributed by atoms with van der Waals surface area (Å²) in [6.45, 7) is 11.6. The van der Waals surface area contributed by atoms with Crippen molar-refractivity contribution in [3.8, 4) is 16.9 Å². The van der Waals surface area contributed by atoms with Crippen LogP contribution < -0.4 is 10.1 Å². The quantitative estimate of drug-likeness (QED) is 0.560. The van der Waals surface area contributed by atoms with E-state index in [2.05, 4.69) is 30.4 Å². The average molecular weight is 522 g/mol. The molecule has 3 aliphatic rings. The van der Waals surface area contributed by atoms with Crippen molar-refractivity contribution in [1.82, 2.24) is 9.80 Å². The van der Waals surface area contributed by atoms with Gasteiger partial charge in [0.25, 0.3) is 0 Å². The highest BCUT2D eigenvalue weighted by Gasteiger charge is 2.45. The van der Waals surface area contributed by atoms with Gasteiger partial charge in [-0.05, 0) is 68.1 Å². The number of piperidine rings is 1. The van der Waals surface area contributed by atoms with Crippen LogP contribution in [0.3, 0.4) is 0 Å². The van der Waals surface area contributed by atoms with Gasteiger partial charge in [0.15, 0.2) is 0 Å². The van der Waals surface area contributed by atoms with Crippen LogP contribution in [0.4, 0.5) is 15.3 Å². The molecule has 8 heteroatoms. The number of benzene rings is 2. The van der Waals surface area contributed by atoms with Gasteiger partial charge in [-0.3, -0.25) is 0 Å². The van der Waals surface area contributed by atoms with Gasteiger partial charge in [0.05, 0.1) is 13.2 Å². The topological polar surface area (TPSA) is 80.3 Å². The van der Waals surface area contributed by atoms with Crippen molar-refractivity contribution in [2.75, 3.05) is 44.7 Å². The van der Waals surface area contributed by atoms with E-state index in [1.165, 1.54) is 5.56 Å². The van der Waals surface area contributed by atoms with E-state index in [4.69, 9.17) is 14.2 Å². The number of carbonyl (C=O) groups excluding carboxylic acids is 2. The monoisotopic (exact) mass is 521 g/mol. The predicted octanol–water partition coefficient (Wildman–Crippen LogP) is 5.56. The minimum absolute atomic E-state index is 0.0909. The normalized spacial score (nSPS) is 20.9. The van der Waals surface area contributed by atoms with Gasteiger partial charge >= 0.3 is 12.1 Å². The largest absolute Gasteiger partial charge is 0.487 e. The Balaban J connectivity index is 1.22. The summed E-state index contributed by atoms with van der Waals surface area (Å²) in [5.41, 5.74) is 3.46. The summed E-state index contributed by atoms with van der Waals surface area (Å²) in [5, 5.41) is 2.98. The van der Waals surface area contributed by atoms with Gasteiger partial charge in [-0.2, -0.15) is 0 Å². The first kappa shape index (κ1) is 26.4. The number of morpholine rings is 1. The van der Waals surface area contributed by atoms with E-state index < -0.39 is 5.60 Å². The Morgan fingerprint density at radius 1 is 0.947 bits per heavy atom. The first-order chi connectivity index (χ1) is 18.1. The molecule has 8 nitrogen and oxygen atoms in total. The molecular formula is C30H39N3O5. The molecule has 3 aliphatic heterocycles. The van der Waals surface area contributed by atoms with Crippen molar-refractivity contribution in [2.45, 2.75) is 58.2 Å². The van der Waals surface area contributed by atoms with Gasteiger partial charge in [-0.25, -0.2) is 9.59 Å². The van der Waals surface area contributed by atoms with Crippen molar-refractivity contribution >= 4 is 17.8 Å². The number of anilines is 1. The number of nitrogens with one attached hydrogen (secondary N) is 1. The average Bonchev–Trinajstić information content (AvgIpc) is 2.89. The molecule has 0 radical (unpaired) electrons. The fourth-order valence-electron chi connectivity index (χ4n) is 5.56. The first-order valence-electron chi connectivity index (χ1n) is 13.7. The molecule has 2 saturated heterocycles. The zero-order valence-corrected chi connectivity index (χ0v) is 22.9. The number of hydrogen-bond donors (Lipinski definition) is 1. The highest BCUT2D eigenvalue weighted by Crippen LogP contribution is 2.44. The van der Waals surface area contributed by atoms with E-state index in [0.29, 0.717) is 45.3 Å². The molecule has 3 amide bonds. The molecule has 0 aliphatic carbocycles. The predicted molar refractivity (Wildman–Crippen MR) is 147 cm³/mol. The fraction of sp³-hybridized carbons (Fsp3) is 0.533. The van der Waals surface area contributed by atoms with Crippen molar-refractivity contribution in [3.05, 3.63) is 48.0 Å². The third kappa shape index (κ3) is 5.75. The first-order valence-corrected chi connectivity index (χ1v) is 13.7. The van der Waals surface area contributed by atoms with E-state index in [9.17, 15) is 9.59 Å². The fourth-order valence-corrected chi connectivity index (χ4v) is 5.56. The molecular weight excluding hydrogens is 482 g/mol. The number of likely N-dealkylation sites (tertiary alicyclic amines) is 1. The maximum atomic E-state index is 12.5.